The maximum Gasteiger partial charge on any atom is 0.266 e. The molecule has 0 aliphatic carbocycles. The molecule has 0 radical (unpaired) electrons. The lowest BCUT2D eigenvalue weighted by Crippen LogP contribution is -2.13. The van der Waals surface area contributed by atoms with E-state index in [0.29, 0.717) is 34.9 Å². The van der Waals surface area contributed by atoms with E-state index in [4.69, 9.17) is 9.47 Å². The Kier molecular flexibility index (Phi) is 5.28. The van der Waals surface area contributed by atoms with Gasteiger partial charge in [-0.1, -0.05) is 42.0 Å². The van der Waals surface area contributed by atoms with Gasteiger partial charge in [-0.15, -0.1) is 0 Å². The van der Waals surface area contributed by atoms with Crippen LogP contribution in [0.2, 0.25) is 0 Å². The van der Waals surface area contributed by atoms with Crippen molar-refractivity contribution < 1.29 is 9.47 Å². The summed E-state index contributed by atoms with van der Waals surface area (Å²) >= 11 is 0. The van der Waals surface area contributed by atoms with Crippen molar-refractivity contribution in [2.45, 2.75) is 20.5 Å². The van der Waals surface area contributed by atoms with Crippen LogP contribution in [0.1, 0.15) is 22.4 Å². The van der Waals surface area contributed by atoms with Crippen LogP contribution < -0.4 is 15.0 Å². The third kappa shape index (κ3) is 3.85. The second-order valence-electron chi connectivity index (χ2n) is 6.30. The van der Waals surface area contributed by atoms with Crippen molar-refractivity contribution in [3.05, 3.63) is 81.3 Å². The molecule has 0 aliphatic rings. The smallest absolute Gasteiger partial charge is 0.266 e. The Morgan fingerprint density at radius 1 is 1.07 bits per heavy atom. The van der Waals surface area contributed by atoms with E-state index in [1.165, 1.54) is 0 Å². The molecule has 2 aromatic carbocycles. The van der Waals surface area contributed by atoms with Gasteiger partial charge in [0, 0.05) is 16.8 Å². The van der Waals surface area contributed by atoms with E-state index < -0.39 is 5.56 Å². The first kappa shape index (κ1) is 18.3. The maximum absolute atomic E-state index is 12.2. The van der Waals surface area contributed by atoms with Gasteiger partial charge >= 0.3 is 0 Å². The van der Waals surface area contributed by atoms with Gasteiger partial charge in [-0.3, -0.25) is 4.79 Å². The molecule has 0 spiro atoms. The van der Waals surface area contributed by atoms with Gasteiger partial charge in [0.15, 0.2) is 11.5 Å². The summed E-state index contributed by atoms with van der Waals surface area (Å²) in [4.78, 5) is 14.9. The molecule has 5 nitrogen and oxygen atoms in total. The molecular formula is C22H20N2O3. The van der Waals surface area contributed by atoms with E-state index in [9.17, 15) is 10.1 Å². The molecule has 0 atom stereocenters. The number of nitrogens with one attached hydrogen (secondary N) is 1. The first-order valence-electron chi connectivity index (χ1n) is 8.53. The van der Waals surface area contributed by atoms with Gasteiger partial charge in [-0.25, -0.2) is 0 Å². The lowest BCUT2D eigenvalue weighted by Gasteiger charge is -2.16. The first-order chi connectivity index (χ1) is 13.0. The number of methoxy groups -OCH3 is 1. The molecule has 0 bridgehead atoms. The Morgan fingerprint density at radius 3 is 2.56 bits per heavy atom. The highest BCUT2D eigenvalue weighted by Crippen LogP contribution is 2.39. The Balaban J connectivity index is 2.10. The van der Waals surface area contributed by atoms with Crippen LogP contribution in [0, 0.1) is 25.2 Å². The Labute approximate surface area is 157 Å². The third-order valence-electron chi connectivity index (χ3n) is 4.23. The van der Waals surface area contributed by atoms with Gasteiger partial charge in [-0.05, 0) is 31.5 Å². The number of hydrogen-bond acceptors (Lipinski definition) is 4. The van der Waals surface area contributed by atoms with Gasteiger partial charge in [0.05, 0.1) is 7.11 Å². The molecule has 0 fully saturated rings. The molecule has 1 N–H and O–H groups in total. The number of aryl methyl sites for hydroxylation is 2. The molecular weight excluding hydrogens is 340 g/mol. The standard InChI is InChI=1S/C22H20N2O3/c1-14-6-4-7-16(10-14)13-27-21-17(8-5-9-20(21)26-3)18-11-15(2)24-22(25)19(18)12-23/h4-11H,13H2,1-3H3,(H,24,25). The number of aromatic amines is 1. The highest BCUT2D eigenvalue weighted by Gasteiger charge is 2.18. The molecule has 3 aromatic rings. The van der Waals surface area contributed by atoms with E-state index in [2.05, 4.69) is 4.98 Å². The predicted octanol–water partition coefficient (Wildman–Crippen LogP) is 4.12. The highest BCUT2D eigenvalue weighted by atomic mass is 16.5. The molecule has 3 rings (SSSR count). The van der Waals surface area contributed by atoms with E-state index in [1.54, 1.807) is 26.2 Å². The summed E-state index contributed by atoms with van der Waals surface area (Å²) in [7, 11) is 1.56. The SMILES string of the molecule is COc1cccc(-c2cc(C)[nH]c(=O)c2C#N)c1OCc1cccc(C)c1. The van der Waals surface area contributed by atoms with Crippen molar-refractivity contribution in [2.24, 2.45) is 0 Å². The fourth-order valence-corrected chi connectivity index (χ4v) is 3.01. The molecule has 0 amide bonds. The molecule has 5 heteroatoms. The molecule has 136 valence electrons. The van der Waals surface area contributed by atoms with Crippen LogP contribution in [0.15, 0.2) is 53.3 Å². The fraction of sp³-hybridized carbons (Fsp3) is 0.182. The number of hydrogen-bond donors (Lipinski definition) is 1. The largest absolute Gasteiger partial charge is 0.493 e. The van der Waals surface area contributed by atoms with Gasteiger partial charge in [0.1, 0.15) is 18.2 Å². The number of nitrogens with zero attached hydrogens (tertiary/aromatic N) is 1. The van der Waals surface area contributed by atoms with Gasteiger partial charge in [0.2, 0.25) is 0 Å². The fourth-order valence-electron chi connectivity index (χ4n) is 3.01. The number of benzene rings is 2. The maximum atomic E-state index is 12.2. The minimum Gasteiger partial charge on any atom is -0.493 e. The zero-order valence-corrected chi connectivity index (χ0v) is 15.5. The van der Waals surface area contributed by atoms with Crippen LogP contribution in [-0.4, -0.2) is 12.1 Å². The predicted molar refractivity (Wildman–Crippen MR) is 104 cm³/mol. The van der Waals surface area contributed by atoms with Crippen molar-refractivity contribution in [2.75, 3.05) is 7.11 Å². The summed E-state index contributed by atoms with van der Waals surface area (Å²) in [6.07, 6.45) is 0. The second-order valence-corrected chi connectivity index (χ2v) is 6.30. The van der Waals surface area contributed by atoms with Crippen molar-refractivity contribution >= 4 is 0 Å². The summed E-state index contributed by atoms with van der Waals surface area (Å²) < 4.78 is 11.5. The molecule has 0 saturated carbocycles. The number of H-pyrrole nitrogens is 1. The Hall–Kier alpha value is -3.52. The van der Waals surface area contributed by atoms with E-state index in [0.717, 1.165) is 11.1 Å². The molecule has 1 aromatic heterocycles. The zero-order valence-electron chi connectivity index (χ0n) is 15.5. The van der Waals surface area contributed by atoms with Gasteiger partial charge in [-0.2, -0.15) is 5.26 Å². The number of nitriles is 1. The average molecular weight is 360 g/mol. The van der Waals surface area contributed by atoms with Gasteiger partial charge < -0.3 is 14.5 Å². The summed E-state index contributed by atoms with van der Waals surface area (Å²) in [5, 5.41) is 9.47. The number of ether oxygens (including phenoxy) is 2. The molecule has 1 heterocycles. The van der Waals surface area contributed by atoms with E-state index in [-0.39, 0.29) is 5.56 Å². The minimum absolute atomic E-state index is 0.0502. The van der Waals surface area contributed by atoms with Crippen LogP contribution in [0.25, 0.3) is 11.1 Å². The monoisotopic (exact) mass is 360 g/mol. The van der Waals surface area contributed by atoms with Crippen LogP contribution >= 0.6 is 0 Å². The van der Waals surface area contributed by atoms with E-state index >= 15 is 0 Å². The summed E-state index contributed by atoms with van der Waals surface area (Å²) in [6.45, 7) is 4.15. The topological polar surface area (TPSA) is 75.1 Å². The quantitative estimate of drug-likeness (QED) is 0.743. The first-order valence-corrected chi connectivity index (χ1v) is 8.53. The Bertz CT molecular complexity index is 1080. The summed E-state index contributed by atoms with van der Waals surface area (Å²) in [6, 6.07) is 17.2. The second kappa shape index (κ2) is 7.79. The summed E-state index contributed by atoms with van der Waals surface area (Å²) in [5.41, 5.74) is 3.64. The van der Waals surface area contributed by atoms with Crippen molar-refractivity contribution in [3.8, 4) is 28.7 Å². The molecule has 0 saturated heterocycles. The van der Waals surface area contributed by atoms with E-state index in [1.807, 2.05) is 49.4 Å². The van der Waals surface area contributed by atoms with Crippen molar-refractivity contribution in [1.29, 1.82) is 5.26 Å². The molecule has 0 aliphatic heterocycles. The van der Waals surface area contributed by atoms with Crippen LogP contribution in [0.5, 0.6) is 11.5 Å². The van der Waals surface area contributed by atoms with Crippen molar-refractivity contribution in [1.82, 2.24) is 4.98 Å². The summed E-state index contributed by atoms with van der Waals surface area (Å²) in [5.74, 6) is 1.05. The third-order valence-corrected chi connectivity index (χ3v) is 4.23. The number of pyridine rings is 1. The lowest BCUT2D eigenvalue weighted by atomic mass is 9.99. The van der Waals surface area contributed by atoms with Crippen LogP contribution in [-0.2, 0) is 6.61 Å². The number of para-hydroxylation sites is 1. The average Bonchev–Trinajstić information content (AvgIpc) is 2.65. The minimum atomic E-state index is -0.417. The van der Waals surface area contributed by atoms with Crippen LogP contribution in [0.3, 0.4) is 0 Å². The Morgan fingerprint density at radius 2 is 1.85 bits per heavy atom. The van der Waals surface area contributed by atoms with Gasteiger partial charge in [0.25, 0.3) is 5.56 Å². The number of aromatic nitrogens is 1. The highest BCUT2D eigenvalue weighted by molar-refractivity contribution is 5.78. The molecule has 27 heavy (non-hydrogen) atoms. The zero-order chi connectivity index (χ0) is 19.4. The van der Waals surface area contributed by atoms with Crippen molar-refractivity contribution in [3.63, 3.8) is 0 Å². The lowest BCUT2D eigenvalue weighted by molar-refractivity contribution is 0.286. The normalized spacial score (nSPS) is 10.3. The van der Waals surface area contributed by atoms with Crippen LogP contribution in [0.4, 0.5) is 0 Å². The number of rotatable bonds is 5. The molecule has 0 unspecified atom stereocenters.